The van der Waals surface area contributed by atoms with E-state index in [1.54, 1.807) is 35.1 Å². The zero-order valence-corrected chi connectivity index (χ0v) is 16.6. The van der Waals surface area contributed by atoms with Gasteiger partial charge in [0.05, 0.1) is 16.3 Å². The molecule has 26 heavy (non-hydrogen) atoms. The number of nitrogens with zero attached hydrogens (tertiary/aromatic N) is 3. The van der Waals surface area contributed by atoms with Crippen molar-refractivity contribution in [3.63, 3.8) is 0 Å². The molecule has 1 saturated heterocycles. The van der Waals surface area contributed by atoms with E-state index < -0.39 is 0 Å². The van der Waals surface area contributed by atoms with Crippen LogP contribution in [0.2, 0.25) is 0 Å². The number of pyridine rings is 1. The molecule has 3 aromatic rings. The number of amides is 1. The molecular formula is C20H21N3OS2. The van der Waals surface area contributed by atoms with Gasteiger partial charge < -0.3 is 4.90 Å². The van der Waals surface area contributed by atoms with E-state index in [4.69, 9.17) is 4.98 Å². The number of aryl methyl sites for hydroxylation is 2. The maximum atomic E-state index is 12.8. The Kier molecular flexibility index (Phi) is 4.87. The van der Waals surface area contributed by atoms with Crippen molar-refractivity contribution in [1.82, 2.24) is 14.9 Å². The lowest BCUT2D eigenvalue weighted by Crippen LogP contribution is -2.38. The number of aromatic nitrogens is 2. The van der Waals surface area contributed by atoms with Gasteiger partial charge >= 0.3 is 0 Å². The van der Waals surface area contributed by atoms with Crippen molar-refractivity contribution in [1.29, 1.82) is 0 Å². The molecule has 4 nitrogen and oxygen atoms in total. The third-order valence-electron chi connectivity index (χ3n) is 4.90. The lowest BCUT2D eigenvalue weighted by molar-refractivity contribution is 0.0713. The fraction of sp³-hybridized carbons (Fsp3) is 0.350. The van der Waals surface area contributed by atoms with E-state index in [0.29, 0.717) is 5.92 Å². The molecule has 0 saturated carbocycles. The number of rotatable bonds is 3. The van der Waals surface area contributed by atoms with Crippen molar-refractivity contribution in [2.45, 2.75) is 32.6 Å². The molecule has 134 valence electrons. The van der Waals surface area contributed by atoms with Crippen LogP contribution in [0.1, 0.15) is 43.9 Å². The molecule has 4 heterocycles. The first-order valence-corrected chi connectivity index (χ1v) is 10.5. The minimum atomic E-state index is 0.182. The molecule has 0 unspecified atom stereocenters. The summed E-state index contributed by atoms with van der Waals surface area (Å²) in [6, 6.07) is 6.01. The van der Waals surface area contributed by atoms with Gasteiger partial charge in [-0.2, -0.15) is 0 Å². The first kappa shape index (κ1) is 17.4. The Morgan fingerprint density at radius 2 is 1.92 bits per heavy atom. The fourth-order valence-corrected chi connectivity index (χ4v) is 5.39. The van der Waals surface area contributed by atoms with E-state index in [1.807, 2.05) is 30.0 Å². The molecule has 0 spiro atoms. The quantitative estimate of drug-likeness (QED) is 0.646. The summed E-state index contributed by atoms with van der Waals surface area (Å²) in [5.74, 6) is 0.631. The highest BCUT2D eigenvalue weighted by Crippen LogP contribution is 2.33. The number of likely N-dealkylation sites (tertiary alicyclic amines) is 1. The number of carbonyl (C=O) groups is 1. The summed E-state index contributed by atoms with van der Waals surface area (Å²) in [4.78, 5) is 26.0. The highest BCUT2D eigenvalue weighted by Gasteiger charge is 2.27. The van der Waals surface area contributed by atoms with E-state index in [9.17, 15) is 4.79 Å². The van der Waals surface area contributed by atoms with Gasteiger partial charge in [0.15, 0.2) is 0 Å². The highest BCUT2D eigenvalue weighted by molar-refractivity contribution is 7.12. The number of hydrogen-bond acceptors (Lipinski definition) is 5. The molecule has 1 amide bonds. The molecule has 6 heteroatoms. The van der Waals surface area contributed by atoms with Crippen molar-refractivity contribution in [2.75, 3.05) is 13.1 Å². The Balaban J connectivity index is 1.42. The average molecular weight is 384 g/mol. The van der Waals surface area contributed by atoms with E-state index >= 15 is 0 Å². The van der Waals surface area contributed by atoms with Gasteiger partial charge in [-0.3, -0.25) is 9.78 Å². The fourth-order valence-electron chi connectivity index (χ4n) is 3.47. The molecule has 0 bridgehead atoms. The van der Waals surface area contributed by atoms with E-state index in [1.165, 1.54) is 9.88 Å². The molecule has 1 aliphatic heterocycles. The molecule has 0 aromatic carbocycles. The lowest BCUT2D eigenvalue weighted by Gasteiger charge is -2.31. The zero-order chi connectivity index (χ0) is 18.1. The van der Waals surface area contributed by atoms with Crippen LogP contribution in [-0.4, -0.2) is 33.9 Å². The van der Waals surface area contributed by atoms with Gasteiger partial charge in [0.2, 0.25) is 0 Å². The summed E-state index contributed by atoms with van der Waals surface area (Å²) < 4.78 is 0. The second-order valence-corrected chi connectivity index (χ2v) is 9.05. The molecule has 0 aliphatic carbocycles. The summed E-state index contributed by atoms with van der Waals surface area (Å²) >= 11 is 3.43. The first-order valence-electron chi connectivity index (χ1n) is 8.84. The molecule has 0 N–H and O–H groups in total. The van der Waals surface area contributed by atoms with E-state index in [2.05, 4.69) is 17.3 Å². The van der Waals surface area contributed by atoms with Gasteiger partial charge in [-0.05, 0) is 44.9 Å². The molecular weight excluding hydrogens is 362 g/mol. The van der Waals surface area contributed by atoms with Crippen LogP contribution in [0.15, 0.2) is 36.0 Å². The standard InChI is InChI=1S/C20H21N3OS2/c1-13-11-17(14(2)26-13)20(24)23-9-5-16(6-10-23)19-22-18(12-25-19)15-3-7-21-8-4-15/h3-4,7-8,11-12,16H,5-6,9-10H2,1-2H3. The first-order chi connectivity index (χ1) is 12.6. The summed E-state index contributed by atoms with van der Waals surface area (Å²) in [6.45, 7) is 5.71. The summed E-state index contributed by atoms with van der Waals surface area (Å²) in [7, 11) is 0. The number of hydrogen-bond donors (Lipinski definition) is 0. The monoisotopic (exact) mass is 383 g/mol. The summed E-state index contributed by atoms with van der Waals surface area (Å²) in [5.41, 5.74) is 3.01. The van der Waals surface area contributed by atoms with Crippen molar-refractivity contribution in [2.24, 2.45) is 0 Å². The van der Waals surface area contributed by atoms with Crippen molar-refractivity contribution >= 4 is 28.6 Å². The van der Waals surface area contributed by atoms with Crippen LogP contribution >= 0.6 is 22.7 Å². The Bertz CT molecular complexity index is 908. The topological polar surface area (TPSA) is 46.1 Å². The molecule has 0 radical (unpaired) electrons. The number of thiazole rings is 1. The van der Waals surface area contributed by atoms with Gasteiger partial charge in [0.25, 0.3) is 5.91 Å². The smallest absolute Gasteiger partial charge is 0.254 e. The van der Waals surface area contributed by atoms with Crippen LogP contribution in [0.25, 0.3) is 11.3 Å². The van der Waals surface area contributed by atoms with Gasteiger partial charge in [-0.25, -0.2) is 4.98 Å². The average Bonchev–Trinajstić information content (AvgIpc) is 3.29. The number of carbonyl (C=O) groups excluding carboxylic acids is 1. The van der Waals surface area contributed by atoms with Crippen LogP contribution < -0.4 is 0 Å². The second kappa shape index (κ2) is 7.29. The summed E-state index contributed by atoms with van der Waals surface area (Å²) in [5, 5.41) is 3.31. The highest BCUT2D eigenvalue weighted by atomic mass is 32.1. The van der Waals surface area contributed by atoms with Crippen molar-refractivity contribution < 1.29 is 4.79 Å². The van der Waals surface area contributed by atoms with Gasteiger partial charge in [-0.15, -0.1) is 22.7 Å². The van der Waals surface area contributed by atoms with Crippen molar-refractivity contribution in [3.8, 4) is 11.3 Å². The maximum absolute atomic E-state index is 12.8. The van der Waals surface area contributed by atoms with Crippen LogP contribution in [0.5, 0.6) is 0 Å². The normalized spacial score (nSPS) is 15.4. The van der Waals surface area contributed by atoms with Crippen LogP contribution in [0, 0.1) is 13.8 Å². The molecule has 0 atom stereocenters. The minimum absolute atomic E-state index is 0.182. The predicted molar refractivity (Wildman–Crippen MR) is 107 cm³/mol. The predicted octanol–water partition coefficient (Wildman–Crippen LogP) is 4.90. The second-order valence-electron chi connectivity index (χ2n) is 6.70. The maximum Gasteiger partial charge on any atom is 0.254 e. The largest absolute Gasteiger partial charge is 0.339 e. The van der Waals surface area contributed by atoms with Crippen LogP contribution in [0.4, 0.5) is 0 Å². The summed E-state index contributed by atoms with van der Waals surface area (Å²) in [6.07, 6.45) is 5.56. The molecule has 3 aromatic heterocycles. The molecule has 1 aliphatic rings. The Labute approximate surface area is 161 Å². The van der Waals surface area contributed by atoms with E-state index in [0.717, 1.165) is 47.6 Å². The zero-order valence-electron chi connectivity index (χ0n) is 14.9. The third-order valence-corrected chi connectivity index (χ3v) is 6.87. The third kappa shape index (κ3) is 3.44. The van der Waals surface area contributed by atoms with Gasteiger partial charge in [0.1, 0.15) is 0 Å². The Hall–Kier alpha value is -2.05. The van der Waals surface area contributed by atoms with Crippen molar-refractivity contribution in [3.05, 3.63) is 56.3 Å². The van der Waals surface area contributed by atoms with E-state index in [-0.39, 0.29) is 5.91 Å². The lowest BCUT2D eigenvalue weighted by atomic mass is 9.97. The molecule has 4 rings (SSSR count). The Morgan fingerprint density at radius 1 is 1.19 bits per heavy atom. The minimum Gasteiger partial charge on any atom is -0.339 e. The Morgan fingerprint density at radius 3 is 2.58 bits per heavy atom. The van der Waals surface area contributed by atoms with Crippen LogP contribution in [-0.2, 0) is 0 Å². The van der Waals surface area contributed by atoms with Gasteiger partial charge in [-0.1, -0.05) is 0 Å². The number of thiophene rings is 1. The number of piperidine rings is 1. The molecule has 1 fully saturated rings. The SMILES string of the molecule is Cc1cc(C(=O)N2CCC(c3nc(-c4ccncc4)cs3)CC2)c(C)s1. The van der Waals surface area contributed by atoms with Gasteiger partial charge in [0, 0.05) is 52.1 Å². The van der Waals surface area contributed by atoms with Crippen LogP contribution in [0.3, 0.4) is 0 Å².